The monoisotopic (exact) mass is 333 g/mol. The molecule has 1 atom stereocenters. The maximum Gasteiger partial charge on any atom is 0.286 e. The average molecular weight is 334 g/mol. The van der Waals surface area contributed by atoms with Crippen molar-refractivity contribution in [1.29, 1.82) is 0 Å². The van der Waals surface area contributed by atoms with E-state index in [1.165, 1.54) is 0 Å². The number of nitrogens with one attached hydrogen (secondary N) is 1. The van der Waals surface area contributed by atoms with Crippen LogP contribution in [0.2, 0.25) is 5.02 Å². The van der Waals surface area contributed by atoms with Crippen molar-refractivity contribution in [2.75, 3.05) is 0 Å². The van der Waals surface area contributed by atoms with E-state index < -0.39 is 5.25 Å². The predicted molar refractivity (Wildman–Crippen MR) is 86.6 cm³/mol. The van der Waals surface area contributed by atoms with Gasteiger partial charge in [-0.2, -0.15) is 0 Å². The molecule has 1 unspecified atom stereocenters. The van der Waals surface area contributed by atoms with E-state index in [9.17, 15) is 9.59 Å². The van der Waals surface area contributed by atoms with Gasteiger partial charge in [0, 0.05) is 5.02 Å². The number of imide groups is 1. The molecule has 0 aliphatic carbocycles. The summed E-state index contributed by atoms with van der Waals surface area (Å²) in [4.78, 5) is 22.8. The first kappa shape index (κ1) is 14.9. The fourth-order valence-electron chi connectivity index (χ4n) is 2.11. The number of rotatable bonds is 4. The number of carbonyl (C=O) groups excluding carboxylic acids is 2. The van der Waals surface area contributed by atoms with Gasteiger partial charge in [-0.25, -0.2) is 0 Å². The number of halogens is 1. The molecule has 22 heavy (non-hydrogen) atoms. The fraction of sp³-hybridized carbons (Fsp3) is 0.125. The third-order valence-corrected chi connectivity index (χ3v) is 4.51. The molecule has 1 heterocycles. The largest absolute Gasteiger partial charge is 0.457 e. The van der Waals surface area contributed by atoms with Gasteiger partial charge >= 0.3 is 0 Å². The Morgan fingerprint density at radius 3 is 2.50 bits per heavy atom. The molecular formula is C16H12ClNO3S. The van der Waals surface area contributed by atoms with Crippen LogP contribution in [0.25, 0.3) is 0 Å². The van der Waals surface area contributed by atoms with Crippen LogP contribution in [0, 0.1) is 0 Å². The molecule has 1 aliphatic heterocycles. The van der Waals surface area contributed by atoms with Crippen molar-refractivity contribution in [3.63, 3.8) is 0 Å². The first-order valence-electron chi connectivity index (χ1n) is 6.64. The normalized spacial score (nSPS) is 17.4. The van der Waals surface area contributed by atoms with Crippen LogP contribution in [0.3, 0.4) is 0 Å². The molecule has 0 saturated carbocycles. The van der Waals surface area contributed by atoms with Gasteiger partial charge in [0.1, 0.15) is 11.5 Å². The lowest BCUT2D eigenvalue weighted by Crippen LogP contribution is -2.25. The van der Waals surface area contributed by atoms with E-state index in [0.29, 0.717) is 17.2 Å². The molecule has 6 heteroatoms. The van der Waals surface area contributed by atoms with E-state index in [0.717, 1.165) is 23.1 Å². The second-order valence-corrected chi connectivity index (χ2v) is 6.34. The molecule has 112 valence electrons. The highest BCUT2D eigenvalue weighted by Gasteiger charge is 2.31. The summed E-state index contributed by atoms with van der Waals surface area (Å²) < 4.78 is 5.70. The van der Waals surface area contributed by atoms with Crippen LogP contribution in [0.5, 0.6) is 11.5 Å². The SMILES string of the molecule is O=C1NC(=O)C(Cc2ccc(Oc3ccccc3)cc2Cl)S1. The molecule has 0 aromatic heterocycles. The lowest BCUT2D eigenvalue weighted by molar-refractivity contribution is -0.118. The maximum absolute atomic E-state index is 11.6. The molecule has 2 aromatic rings. The van der Waals surface area contributed by atoms with Crippen LogP contribution in [-0.2, 0) is 11.2 Å². The molecule has 0 spiro atoms. The molecule has 2 amide bonds. The van der Waals surface area contributed by atoms with Crippen molar-refractivity contribution in [2.24, 2.45) is 0 Å². The van der Waals surface area contributed by atoms with Gasteiger partial charge in [0.05, 0.1) is 5.25 Å². The topological polar surface area (TPSA) is 55.4 Å². The third kappa shape index (κ3) is 3.43. The zero-order chi connectivity index (χ0) is 15.5. The fourth-order valence-corrected chi connectivity index (χ4v) is 3.20. The van der Waals surface area contributed by atoms with Gasteiger partial charge in [0.15, 0.2) is 0 Å². The number of ether oxygens (including phenoxy) is 1. The Hall–Kier alpha value is -1.98. The molecule has 0 radical (unpaired) electrons. The second kappa shape index (κ2) is 6.42. The minimum atomic E-state index is -0.425. The number of benzene rings is 2. The molecule has 1 N–H and O–H groups in total. The number of carbonyl (C=O) groups is 2. The average Bonchev–Trinajstić information content (AvgIpc) is 2.81. The quantitative estimate of drug-likeness (QED) is 0.918. The first-order chi connectivity index (χ1) is 10.6. The summed E-state index contributed by atoms with van der Waals surface area (Å²) in [5, 5.41) is 2.05. The van der Waals surface area contributed by atoms with E-state index in [4.69, 9.17) is 16.3 Å². The number of thioether (sulfide) groups is 1. The van der Waals surface area contributed by atoms with Crippen LogP contribution in [0.1, 0.15) is 5.56 Å². The summed E-state index contributed by atoms with van der Waals surface area (Å²) in [5.41, 5.74) is 0.810. The molecule has 3 rings (SSSR count). The molecule has 4 nitrogen and oxygen atoms in total. The lowest BCUT2D eigenvalue weighted by atomic mass is 10.1. The smallest absolute Gasteiger partial charge is 0.286 e. The third-order valence-electron chi connectivity index (χ3n) is 3.18. The van der Waals surface area contributed by atoms with Gasteiger partial charge in [0.2, 0.25) is 5.91 Å². The van der Waals surface area contributed by atoms with Crippen LogP contribution in [0.15, 0.2) is 48.5 Å². The molecule has 2 aromatic carbocycles. The Balaban J connectivity index is 1.72. The van der Waals surface area contributed by atoms with E-state index in [1.54, 1.807) is 12.1 Å². The van der Waals surface area contributed by atoms with Crippen LogP contribution < -0.4 is 10.1 Å². The van der Waals surface area contributed by atoms with Gasteiger partial charge < -0.3 is 4.74 Å². The molecular weight excluding hydrogens is 322 g/mol. The van der Waals surface area contributed by atoms with Crippen LogP contribution in [0.4, 0.5) is 4.79 Å². The Kier molecular flexibility index (Phi) is 4.36. The standard InChI is InChI=1S/C16H12ClNO3S/c17-13-9-12(21-11-4-2-1-3-5-11)7-6-10(13)8-14-15(19)18-16(20)22-14/h1-7,9,14H,8H2,(H,18,19,20). The highest BCUT2D eigenvalue weighted by molar-refractivity contribution is 8.15. The van der Waals surface area contributed by atoms with Gasteiger partial charge in [-0.3, -0.25) is 14.9 Å². The van der Waals surface area contributed by atoms with Crippen LogP contribution >= 0.6 is 23.4 Å². The van der Waals surface area contributed by atoms with Crippen molar-refractivity contribution in [2.45, 2.75) is 11.7 Å². The van der Waals surface area contributed by atoms with E-state index in [1.807, 2.05) is 36.4 Å². The van der Waals surface area contributed by atoms with Crippen molar-refractivity contribution >= 4 is 34.5 Å². The lowest BCUT2D eigenvalue weighted by Gasteiger charge is -2.10. The van der Waals surface area contributed by atoms with Gasteiger partial charge in [-0.1, -0.05) is 47.6 Å². The number of amides is 2. The molecule has 1 aliphatic rings. The Morgan fingerprint density at radius 1 is 1.09 bits per heavy atom. The predicted octanol–water partition coefficient (Wildman–Crippen LogP) is 4.03. The summed E-state index contributed by atoms with van der Waals surface area (Å²) >= 11 is 7.25. The zero-order valence-corrected chi connectivity index (χ0v) is 13.0. The van der Waals surface area contributed by atoms with Crippen molar-refractivity contribution in [3.8, 4) is 11.5 Å². The Bertz CT molecular complexity index is 721. The summed E-state index contributed by atoms with van der Waals surface area (Å²) in [6.07, 6.45) is 0.409. The van der Waals surface area contributed by atoms with E-state index in [2.05, 4.69) is 5.32 Å². The van der Waals surface area contributed by atoms with Gasteiger partial charge in [-0.15, -0.1) is 0 Å². The molecule has 1 saturated heterocycles. The van der Waals surface area contributed by atoms with Gasteiger partial charge in [0.25, 0.3) is 5.24 Å². The highest BCUT2D eigenvalue weighted by Crippen LogP contribution is 2.30. The van der Waals surface area contributed by atoms with E-state index in [-0.39, 0.29) is 11.1 Å². The number of para-hydroxylation sites is 1. The van der Waals surface area contributed by atoms with Crippen LogP contribution in [-0.4, -0.2) is 16.4 Å². The van der Waals surface area contributed by atoms with Crippen molar-refractivity contribution < 1.29 is 14.3 Å². The summed E-state index contributed by atoms with van der Waals surface area (Å²) in [6.45, 7) is 0. The Morgan fingerprint density at radius 2 is 1.86 bits per heavy atom. The zero-order valence-electron chi connectivity index (χ0n) is 11.4. The molecule has 1 fully saturated rings. The first-order valence-corrected chi connectivity index (χ1v) is 7.90. The Labute approximate surface area is 136 Å². The highest BCUT2D eigenvalue weighted by atomic mass is 35.5. The van der Waals surface area contributed by atoms with E-state index >= 15 is 0 Å². The summed E-state index contributed by atoms with van der Waals surface area (Å²) in [5.74, 6) is 1.08. The van der Waals surface area contributed by atoms with Crippen molar-refractivity contribution in [1.82, 2.24) is 5.32 Å². The van der Waals surface area contributed by atoms with Crippen molar-refractivity contribution in [3.05, 3.63) is 59.1 Å². The maximum atomic E-state index is 11.6. The minimum absolute atomic E-state index is 0.268. The number of hydrogen-bond donors (Lipinski definition) is 1. The second-order valence-electron chi connectivity index (χ2n) is 4.76. The molecule has 0 bridgehead atoms. The number of hydrogen-bond acceptors (Lipinski definition) is 4. The minimum Gasteiger partial charge on any atom is -0.457 e. The summed E-state index contributed by atoms with van der Waals surface area (Å²) in [6, 6.07) is 14.7. The van der Waals surface area contributed by atoms with Gasteiger partial charge in [-0.05, 0) is 36.2 Å². The summed E-state index contributed by atoms with van der Waals surface area (Å²) in [7, 11) is 0.